The highest BCUT2D eigenvalue weighted by Gasteiger charge is 2.19. The first kappa shape index (κ1) is 15.9. The monoisotopic (exact) mass is 274 g/mol. The Balaban J connectivity index is 2.03. The van der Waals surface area contributed by atoms with Gasteiger partial charge in [0.05, 0.1) is 32.7 Å². The third kappa shape index (κ3) is 7.79. The van der Waals surface area contributed by atoms with Gasteiger partial charge in [-0.25, -0.2) is 0 Å². The van der Waals surface area contributed by atoms with Crippen molar-refractivity contribution < 1.29 is 28.5 Å². The fourth-order valence-electron chi connectivity index (χ4n) is 1.59. The van der Waals surface area contributed by atoms with Gasteiger partial charge in [0.2, 0.25) is 0 Å². The van der Waals surface area contributed by atoms with Gasteiger partial charge in [-0.1, -0.05) is 19.8 Å². The molecule has 0 N–H and O–H groups in total. The van der Waals surface area contributed by atoms with Crippen LogP contribution >= 0.6 is 0 Å². The first-order valence-electron chi connectivity index (χ1n) is 6.73. The lowest BCUT2D eigenvalue weighted by atomic mass is 10.3. The van der Waals surface area contributed by atoms with Crippen molar-refractivity contribution in [3.8, 4) is 0 Å². The van der Waals surface area contributed by atoms with E-state index in [4.69, 9.17) is 18.9 Å². The minimum atomic E-state index is -0.426. The molecule has 110 valence electrons. The van der Waals surface area contributed by atoms with Gasteiger partial charge in [-0.3, -0.25) is 9.59 Å². The maximum atomic E-state index is 11.5. The van der Waals surface area contributed by atoms with Gasteiger partial charge in [0, 0.05) is 0 Å². The molecule has 0 bridgehead atoms. The average Bonchev–Trinajstić information content (AvgIpc) is 2.42. The third-order valence-electron chi connectivity index (χ3n) is 2.62. The summed E-state index contributed by atoms with van der Waals surface area (Å²) in [5, 5.41) is 0. The molecule has 0 atom stereocenters. The largest absolute Gasteiger partial charge is 0.466 e. The molecule has 0 spiro atoms. The topological polar surface area (TPSA) is 71.1 Å². The Labute approximate surface area is 113 Å². The fourth-order valence-corrected chi connectivity index (χ4v) is 1.59. The first-order chi connectivity index (χ1) is 9.22. The summed E-state index contributed by atoms with van der Waals surface area (Å²) in [5.41, 5.74) is 0. The molecule has 0 unspecified atom stereocenters. The maximum Gasteiger partial charge on any atom is 0.306 e. The van der Waals surface area contributed by atoms with E-state index < -0.39 is 5.97 Å². The molecule has 0 aromatic heterocycles. The third-order valence-corrected chi connectivity index (χ3v) is 2.62. The fraction of sp³-hybridized carbons (Fsp3) is 0.846. The zero-order chi connectivity index (χ0) is 13.9. The van der Waals surface area contributed by atoms with Crippen molar-refractivity contribution in [3.05, 3.63) is 0 Å². The molecule has 0 aromatic rings. The van der Waals surface area contributed by atoms with Crippen LogP contribution in [-0.4, -0.2) is 44.7 Å². The van der Waals surface area contributed by atoms with Crippen molar-refractivity contribution in [2.45, 2.75) is 45.1 Å². The second kappa shape index (κ2) is 9.75. The van der Waals surface area contributed by atoms with Gasteiger partial charge in [0.25, 0.3) is 0 Å². The van der Waals surface area contributed by atoms with E-state index in [1.54, 1.807) is 0 Å². The molecule has 6 nitrogen and oxygen atoms in total. The molecule has 1 saturated heterocycles. The van der Waals surface area contributed by atoms with Crippen molar-refractivity contribution in [2.24, 2.45) is 0 Å². The Morgan fingerprint density at radius 2 is 1.79 bits per heavy atom. The molecule has 6 heteroatoms. The smallest absolute Gasteiger partial charge is 0.306 e. The van der Waals surface area contributed by atoms with E-state index in [9.17, 15) is 9.59 Å². The lowest BCUT2D eigenvalue weighted by Gasteiger charge is -2.22. The van der Waals surface area contributed by atoms with Gasteiger partial charge < -0.3 is 18.9 Å². The number of rotatable bonds is 8. The van der Waals surface area contributed by atoms with Crippen LogP contribution in [-0.2, 0) is 28.5 Å². The first-order valence-corrected chi connectivity index (χ1v) is 6.73. The maximum absolute atomic E-state index is 11.5. The molecule has 1 rings (SSSR count). The SMILES string of the molecule is CCCCCOC(=O)CCC(=O)OC1COCOC1. The Bertz CT molecular complexity index is 272. The molecular weight excluding hydrogens is 252 g/mol. The predicted molar refractivity (Wildman–Crippen MR) is 66.4 cm³/mol. The predicted octanol–water partition coefficient (Wildman–Crippen LogP) is 1.42. The highest BCUT2D eigenvalue weighted by Crippen LogP contribution is 2.05. The molecular formula is C13H22O6. The normalized spacial score (nSPS) is 16.1. The average molecular weight is 274 g/mol. The van der Waals surface area contributed by atoms with E-state index in [-0.39, 0.29) is 31.7 Å². The number of ether oxygens (including phenoxy) is 4. The van der Waals surface area contributed by atoms with Crippen LogP contribution < -0.4 is 0 Å². The molecule has 1 aliphatic heterocycles. The van der Waals surface area contributed by atoms with Gasteiger partial charge in [-0.2, -0.15) is 0 Å². The summed E-state index contributed by atoms with van der Waals surface area (Å²) in [5.74, 6) is -0.784. The number of hydrogen-bond acceptors (Lipinski definition) is 6. The number of hydrogen-bond donors (Lipinski definition) is 0. The van der Waals surface area contributed by atoms with Crippen LogP contribution in [0, 0.1) is 0 Å². The Morgan fingerprint density at radius 1 is 1.11 bits per heavy atom. The van der Waals surface area contributed by atoms with Gasteiger partial charge in [0.15, 0.2) is 0 Å². The summed E-state index contributed by atoms with van der Waals surface area (Å²) in [6.45, 7) is 3.42. The number of carbonyl (C=O) groups excluding carboxylic acids is 2. The molecule has 19 heavy (non-hydrogen) atoms. The Morgan fingerprint density at radius 3 is 2.47 bits per heavy atom. The Hall–Kier alpha value is -1.14. The Kier molecular flexibility index (Phi) is 8.16. The molecule has 0 radical (unpaired) electrons. The van der Waals surface area contributed by atoms with E-state index in [2.05, 4.69) is 6.92 Å². The lowest BCUT2D eigenvalue weighted by Crippen LogP contribution is -2.33. The molecule has 0 aliphatic carbocycles. The van der Waals surface area contributed by atoms with Crippen LogP contribution in [0.1, 0.15) is 39.0 Å². The standard InChI is InChI=1S/C13H22O6/c1-2-3-4-7-18-12(14)5-6-13(15)19-11-8-16-10-17-9-11/h11H,2-10H2,1H3. The van der Waals surface area contributed by atoms with E-state index in [0.29, 0.717) is 19.8 Å². The molecule has 1 fully saturated rings. The summed E-state index contributed by atoms with van der Waals surface area (Å²) in [6.07, 6.45) is 2.69. The zero-order valence-electron chi connectivity index (χ0n) is 11.4. The van der Waals surface area contributed by atoms with Crippen molar-refractivity contribution in [1.29, 1.82) is 0 Å². The van der Waals surface area contributed by atoms with Gasteiger partial charge in [-0.05, 0) is 6.42 Å². The number of carbonyl (C=O) groups is 2. The highest BCUT2D eigenvalue weighted by molar-refractivity contribution is 5.77. The molecule has 0 aromatic carbocycles. The van der Waals surface area contributed by atoms with E-state index in [1.165, 1.54) is 0 Å². The minimum Gasteiger partial charge on any atom is -0.466 e. The van der Waals surface area contributed by atoms with E-state index >= 15 is 0 Å². The quantitative estimate of drug-likeness (QED) is 0.492. The van der Waals surface area contributed by atoms with Crippen LogP contribution in [0.2, 0.25) is 0 Å². The lowest BCUT2D eigenvalue weighted by molar-refractivity contribution is -0.183. The molecule has 1 heterocycles. The highest BCUT2D eigenvalue weighted by atomic mass is 16.7. The van der Waals surface area contributed by atoms with Crippen molar-refractivity contribution in [1.82, 2.24) is 0 Å². The summed E-state index contributed by atoms with van der Waals surface area (Å²) in [4.78, 5) is 22.8. The number of esters is 2. The van der Waals surface area contributed by atoms with Gasteiger partial charge >= 0.3 is 11.9 Å². The van der Waals surface area contributed by atoms with Crippen molar-refractivity contribution in [2.75, 3.05) is 26.6 Å². The van der Waals surface area contributed by atoms with Gasteiger partial charge in [-0.15, -0.1) is 0 Å². The van der Waals surface area contributed by atoms with Crippen LogP contribution in [0.5, 0.6) is 0 Å². The van der Waals surface area contributed by atoms with E-state index in [1.807, 2.05) is 0 Å². The van der Waals surface area contributed by atoms with Crippen molar-refractivity contribution >= 4 is 11.9 Å². The van der Waals surface area contributed by atoms with Crippen LogP contribution in [0.25, 0.3) is 0 Å². The summed E-state index contributed by atoms with van der Waals surface area (Å²) in [6, 6.07) is 0. The van der Waals surface area contributed by atoms with E-state index in [0.717, 1.165) is 19.3 Å². The second-order valence-electron chi connectivity index (χ2n) is 4.40. The van der Waals surface area contributed by atoms with Crippen LogP contribution in [0.15, 0.2) is 0 Å². The summed E-state index contributed by atoms with van der Waals surface area (Å²) in [7, 11) is 0. The molecule has 1 aliphatic rings. The molecule has 0 saturated carbocycles. The van der Waals surface area contributed by atoms with Crippen molar-refractivity contribution in [3.63, 3.8) is 0 Å². The summed E-state index contributed by atoms with van der Waals surface area (Å²) < 4.78 is 20.1. The van der Waals surface area contributed by atoms with Gasteiger partial charge in [0.1, 0.15) is 12.9 Å². The summed E-state index contributed by atoms with van der Waals surface area (Å²) >= 11 is 0. The molecule has 0 amide bonds. The number of unbranched alkanes of at least 4 members (excludes halogenated alkanes) is 2. The zero-order valence-corrected chi connectivity index (χ0v) is 11.4. The second-order valence-corrected chi connectivity index (χ2v) is 4.40. The minimum absolute atomic E-state index is 0.0309. The van der Waals surface area contributed by atoms with Crippen LogP contribution in [0.4, 0.5) is 0 Å². The van der Waals surface area contributed by atoms with Crippen LogP contribution in [0.3, 0.4) is 0 Å².